The lowest BCUT2D eigenvalue weighted by molar-refractivity contribution is -0.136. The van der Waals surface area contributed by atoms with Crippen LogP contribution in [0.3, 0.4) is 0 Å². The van der Waals surface area contributed by atoms with Crippen LogP contribution in [0.1, 0.15) is 57.9 Å². The molecule has 0 unspecified atom stereocenters. The van der Waals surface area contributed by atoms with E-state index in [4.69, 9.17) is 0 Å². The first kappa shape index (κ1) is 18.5. The number of fused-ring (bicyclic) bond motifs is 1. The van der Waals surface area contributed by atoms with E-state index < -0.39 is 16.1 Å². The molecule has 1 N–H and O–H groups in total. The van der Waals surface area contributed by atoms with Gasteiger partial charge >= 0.3 is 0 Å². The average molecular weight is 390 g/mol. The van der Waals surface area contributed by atoms with Crippen LogP contribution in [0.4, 0.5) is 0 Å². The van der Waals surface area contributed by atoms with Gasteiger partial charge in [0, 0.05) is 17.6 Å². The lowest BCUT2D eigenvalue weighted by Gasteiger charge is -2.37. The second-order valence-corrected chi connectivity index (χ2v) is 9.80. The van der Waals surface area contributed by atoms with E-state index in [0.29, 0.717) is 17.6 Å². The Hall–Kier alpha value is -1.89. The zero-order chi connectivity index (χ0) is 19.2. The molecule has 27 heavy (non-hydrogen) atoms. The minimum Gasteiger partial charge on any atom is -0.335 e. The van der Waals surface area contributed by atoms with Crippen LogP contribution in [0.25, 0.3) is 0 Å². The first-order chi connectivity index (χ1) is 12.9. The number of hydrogen-bond donors (Lipinski definition) is 1. The summed E-state index contributed by atoms with van der Waals surface area (Å²) in [7, 11) is -3.58. The van der Waals surface area contributed by atoms with E-state index in [-0.39, 0.29) is 16.6 Å². The highest BCUT2D eigenvalue weighted by atomic mass is 32.2. The molecule has 7 heteroatoms. The topological polar surface area (TPSA) is 78.8 Å². The van der Waals surface area contributed by atoms with Crippen LogP contribution >= 0.6 is 0 Å². The molecular formula is C20H27N3O3S. The number of nitrogens with one attached hydrogen (secondary N) is 1. The average Bonchev–Trinajstić information content (AvgIpc) is 3.43. The summed E-state index contributed by atoms with van der Waals surface area (Å²) in [6, 6.07) is 6.80. The zero-order valence-corrected chi connectivity index (χ0v) is 16.7. The second-order valence-electron chi connectivity index (χ2n) is 8.15. The van der Waals surface area contributed by atoms with E-state index in [0.717, 1.165) is 44.4 Å². The Morgan fingerprint density at radius 2 is 1.70 bits per heavy atom. The van der Waals surface area contributed by atoms with Crippen LogP contribution < -0.4 is 4.72 Å². The van der Waals surface area contributed by atoms with Crippen molar-refractivity contribution in [3.05, 3.63) is 29.8 Å². The van der Waals surface area contributed by atoms with Gasteiger partial charge in [-0.3, -0.25) is 14.5 Å². The van der Waals surface area contributed by atoms with Crippen LogP contribution in [-0.4, -0.2) is 43.2 Å². The maximum absolute atomic E-state index is 13.2. The maximum atomic E-state index is 13.2. The molecule has 0 saturated heterocycles. The number of hydrogen-bond acceptors (Lipinski definition) is 4. The Kier molecular flexibility index (Phi) is 4.74. The van der Waals surface area contributed by atoms with Crippen LogP contribution in [0.2, 0.25) is 0 Å². The van der Waals surface area contributed by atoms with Gasteiger partial charge in [0.25, 0.3) is 10.0 Å². The summed E-state index contributed by atoms with van der Waals surface area (Å²) in [4.78, 5) is 20.0. The minimum atomic E-state index is -3.58. The standard InChI is InChI=1S/C20H27N3O3S/c1-13-7-9-15(10-8-13)23(16-11-12-16)20(24)14(2)21-19-17-5-3-4-6-18(17)27(25,26)22-19/h3-6,13-16H,7-12H2,1-2H3,(H,21,22)/t13?,14-,15?/m0/s1. The Morgan fingerprint density at radius 1 is 1.11 bits per heavy atom. The van der Waals surface area contributed by atoms with E-state index in [9.17, 15) is 13.2 Å². The highest BCUT2D eigenvalue weighted by Gasteiger charge is 2.40. The molecule has 0 bridgehead atoms. The molecule has 0 aromatic heterocycles. The van der Waals surface area contributed by atoms with Crippen molar-refractivity contribution in [2.24, 2.45) is 10.9 Å². The first-order valence-corrected chi connectivity index (χ1v) is 11.4. The van der Waals surface area contributed by atoms with E-state index in [2.05, 4.69) is 21.5 Å². The third-order valence-corrected chi connectivity index (χ3v) is 7.31. The number of carbonyl (C=O) groups excluding carboxylic acids is 1. The van der Waals surface area contributed by atoms with E-state index in [1.54, 1.807) is 31.2 Å². The molecule has 146 valence electrons. The molecule has 2 saturated carbocycles. The number of sulfonamides is 1. The highest BCUT2D eigenvalue weighted by Crippen LogP contribution is 2.36. The molecule has 6 nitrogen and oxygen atoms in total. The molecule has 3 aliphatic rings. The van der Waals surface area contributed by atoms with Gasteiger partial charge in [0.15, 0.2) is 0 Å². The summed E-state index contributed by atoms with van der Waals surface area (Å²) < 4.78 is 27.0. The maximum Gasteiger partial charge on any atom is 0.263 e. The van der Waals surface area contributed by atoms with Gasteiger partial charge in [-0.1, -0.05) is 19.1 Å². The highest BCUT2D eigenvalue weighted by molar-refractivity contribution is 7.90. The molecule has 1 amide bonds. The molecule has 0 radical (unpaired) electrons. The van der Waals surface area contributed by atoms with Gasteiger partial charge in [0.2, 0.25) is 5.91 Å². The fourth-order valence-electron chi connectivity index (χ4n) is 4.23. The predicted molar refractivity (Wildman–Crippen MR) is 104 cm³/mol. The summed E-state index contributed by atoms with van der Waals surface area (Å²) in [6.45, 7) is 4.04. The van der Waals surface area contributed by atoms with E-state index in [1.165, 1.54) is 0 Å². The van der Waals surface area contributed by atoms with Gasteiger partial charge in [-0.15, -0.1) is 0 Å². The fourth-order valence-corrected chi connectivity index (χ4v) is 5.46. The SMILES string of the molecule is CC1CCC(N(C(=O)[C@H](C)N=C2NS(=O)(=O)c3ccccc32)C2CC2)CC1. The number of amides is 1. The number of aliphatic imine (C=N–C) groups is 1. The fraction of sp³-hybridized carbons (Fsp3) is 0.600. The molecule has 2 aliphatic carbocycles. The quantitative estimate of drug-likeness (QED) is 0.860. The predicted octanol–water partition coefficient (Wildman–Crippen LogP) is 2.68. The largest absolute Gasteiger partial charge is 0.335 e. The lowest BCUT2D eigenvalue weighted by atomic mass is 9.86. The molecule has 1 aliphatic heterocycles. The molecule has 0 spiro atoms. The van der Waals surface area contributed by atoms with Crippen molar-refractivity contribution in [1.82, 2.24) is 9.62 Å². The number of benzene rings is 1. The van der Waals surface area contributed by atoms with Crippen molar-refractivity contribution in [1.29, 1.82) is 0 Å². The summed E-state index contributed by atoms with van der Waals surface area (Å²) >= 11 is 0. The zero-order valence-electron chi connectivity index (χ0n) is 15.9. The van der Waals surface area contributed by atoms with Gasteiger partial charge in [-0.2, -0.15) is 0 Å². The van der Waals surface area contributed by atoms with Gasteiger partial charge in [0.05, 0.1) is 4.90 Å². The van der Waals surface area contributed by atoms with E-state index >= 15 is 0 Å². The smallest absolute Gasteiger partial charge is 0.263 e. The van der Waals surface area contributed by atoms with Crippen molar-refractivity contribution in [2.75, 3.05) is 0 Å². The van der Waals surface area contributed by atoms with E-state index in [1.807, 2.05) is 0 Å². The monoisotopic (exact) mass is 389 g/mol. The van der Waals surface area contributed by atoms with Crippen molar-refractivity contribution in [3.63, 3.8) is 0 Å². The molecule has 1 aromatic rings. The van der Waals surface area contributed by atoms with Crippen LogP contribution in [0, 0.1) is 5.92 Å². The van der Waals surface area contributed by atoms with Crippen molar-refractivity contribution in [2.45, 2.75) is 75.4 Å². The van der Waals surface area contributed by atoms with Crippen LogP contribution in [-0.2, 0) is 14.8 Å². The van der Waals surface area contributed by atoms with Crippen LogP contribution in [0.5, 0.6) is 0 Å². The lowest BCUT2D eigenvalue weighted by Crippen LogP contribution is -2.47. The molecule has 2 fully saturated rings. The summed E-state index contributed by atoms with van der Waals surface area (Å²) in [6.07, 6.45) is 6.58. The van der Waals surface area contributed by atoms with Crippen molar-refractivity contribution >= 4 is 21.8 Å². The van der Waals surface area contributed by atoms with Gasteiger partial charge in [-0.25, -0.2) is 8.42 Å². The second kappa shape index (κ2) is 6.93. The summed E-state index contributed by atoms with van der Waals surface area (Å²) in [5.74, 6) is 1.03. The molecule has 1 aromatic carbocycles. The third-order valence-electron chi connectivity index (χ3n) is 5.92. The van der Waals surface area contributed by atoms with Gasteiger partial charge in [0.1, 0.15) is 11.9 Å². The van der Waals surface area contributed by atoms with Crippen molar-refractivity contribution in [3.8, 4) is 0 Å². The van der Waals surface area contributed by atoms with Crippen LogP contribution in [0.15, 0.2) is 34.2 Å². The number of nitrogens with zero attached hydrogens (tertiary/aromatic N) is 2. The number of amidine groups is 1. The summed E-state index contributed by atoms with van der Waals surface area (Å²) in [5, 5.41) is 0. The molecule has 1 atom stereocenters. The van der Waals surface area contributed by atoms with Gasteiger partial charge in [-0.05, 0) is 63.5 Å². The normalized spacial score (nSPS) is 29.0. The Labute approximate surface area is 161 Å². The Bertz CT molecular complexity index is 868. The molecular weight excluding hydrogens is 362 g/mol. The minimum absolute atomic E-state index is 0.0214. The molecule has 1 heterocycles. The van der Waals surface area contributed by atoms with Crippen molar-refractivity contribution < 1.29 is 13.2 Å². The van der Waals surface area contributed by atoms with Gasteiger partial charge < -0.3 is 4.90 Å². The summed E-state index contributed by atoms with van der Waals surface area (Å²) in [5.41, 5.74) is 0.543. The Balaban J connectivity index is 1.56. The number of carbonyl (C=O) groups is 1. The Morgan fingerprint density at radius 3 is 2.33 bits per heavy atom. The first-order valence-electron chi connectivity index (χ1n) is 9.89. The molecule has 4 rings (SSSR count). The third kappa shape index (κ3) is 3.61. The number of rotatable bonds is 4.